The average Bonchev–Trinajstić information content (AvgIpc) is 2.43. The highest BCUT2D eigenvalue weighted by atomic mass is 19.1. The highest BCUT2D eigenvalue weighted by Gasteiger charge is 2.19. The van der Waals surface area contributed by atoms with Gasteiger partial charge in [-0.2, -0.15) is 0 Å². The predicted octanol–water partition coefficient (Wildman–Crippen LogP) is 1.04. The van der Waals surface area contributed by atoms with Gasteiger partial charge in [-0.15, -0.1) is 0 Å². The molecular formula is C12H16FN3O3. The Morgan fingerprint density at radius 1 is 1.58 bits per heavy atom. The highest BCUT2D eigenvalue weighted by molar-refractivity contribution is 5.97. The van der Waals surface area contributed by atoms with Crippen LogP contribution in [0.25, 0.3) is 0 Å². The summed E-state index contributed by atoms with van der Waals surface area (Å²) in [5, 5.41) is 11.3. The second kappa shape index (κ2) is 6.58. The minimum Gasteiger partial charge on any atom is -0.497 e. The number of nitrogens with zero attached hydrogens (tertiary/aromatic N) is 2. The van der Waals surface area contributed by atoms with E-state index in [1.807, 2.05) is 0 Å². The second-order valence-electron chi connectivity index (χ2n) is 3.76. The molecule has 1 aromatic rings. The predicted molar refractivity (Wildman–Crippen MR) is 67.9 cm³/mol. The van der Waals surface area contributed by atoms with E-state index in [4.69, 9.17) is 15.7 Å². The Morgan fingerprint density at radius 2 is 2.26 bits per heavy atom. The van der Waals surface area contributed by atoms with Crippen molar-refractivity contribution in [1.82, 2.24) is 4.90 Å². The smallest absolute Gasteiger partial charge is 0.257 e. The quantitative estimate of drug-likeness (QED) is 0.362. The van der Waals surface area contributed by atoms with Crippen LogP contribution in [0.1, 0.15) is 17.3 Å². The minimum atomic E-state index is -0.678. The Kier molecular flexibility index (Phi) is 5.11. The molecule has 0 heterocycles. The number of carbonyl (C=O) groups excluding carboxylic acids is 1. The van der Waals surface area contributed by atoms with Crippen molar-refractivity contribution in [3.05, 3.63) is 29.6 Å². The zero-order valence-corrected chi connectivity index (χ0v) is 10.8. The number of ether oxygens (including phenoxy) is 1. The third-order valence-electron chi connectivity index (χ3n) is 2.56. The van der Waals surface area contributed by atoms with Gasteiger partial charge in [-0.05, 0) is 19.1 Å². The molecule has 7 heteroatoms. The summed E-state index contributed by atoms with van der Waals surface area (Å²) < 4.78 is 18.6. The van der Waals surface area contributed by atoms with Crippen LogP contribution in [0.4, 0.5) is 4.39 Å². The summed E-state index contributed by atoms with van der Waals surface area (Å²) in [4.78, 5) is 13.4. The van der Waals surface area contributed by atoms with Gasteiger partial charge in [0.15, 0.2) is 5.84 Å². The number of carbonyl (C=O) groups is 1. The van der Waals surface area contributed by atoms with E-state index in [9.17, 15) is 9.18 Å². The lowest BCUT2D eigenvalue weighted by atomic mass is 10.1. The number of methoxy groups -OCH3 is 1. The molecule has 0 spiro atoms. The van der Waals surface area contributed by atoms with Gasteiger partial charge in [-0.25, -0.2) is 4.39 Å². The van der Waals surface area contributed by atoms with Crippen LogP contribution in [0, 0.1) is 5.82 Å². The van der Waals surface area contributed by atoms with Crippen LogP contribution in [0.15, 0.2) is 23.4 Å². The molecule has 6 nitrogen and oxygen atoms in total. The number of amidine groups is 1. The molecule has 1 amide bonds. The molecule has 1 rings (SSSR count). The van der Waals surface area contributed by atoms with Gasteiger partial charge in [-0.3, -0.25) is 4.79 Å². The van der Waals surface area contributed by atoms with E-state index in [2.05, 4.69) is 5.16 Å². The monoisotopic (exact) mass is 269 g/mol. The molecule has 0 radical (unpaired) electrons. The van der Waals surface area contributed by atoms with Gasteiger partial charge in [0, 0.05) is 12.6 Å². The first-order valence-corrected chi connectivity index (χ1v) is 5.62. The number of nitrogens with two attached hydrogens (primary N) is 1. The van der Waals surface area contributed by atoms with E-state index in [1.165, 1.54) is 24.1 Å². The number of hydrogen-bond donors (Lipinski definition) is 2. The number of halogens is 1. The Labute approximate surface area is 110 Å². The lowest BCUT2D eigenvalue weighted by molar-refractivity contribution is 0.0781. The highest BCUT2D eigenvalue weighted by Crippen LogP contribution is 2.17. The van der Waals surface area contributed by atoms with Crippen LogP contribution in [-0.4, -0.2) is 42.0 Å². The molecule has 0 atom stereocenters. The number of oxime groups is 1. The topological polar surface area (TPSA) is 88.1 Å². The van der Waals surface area contributed by atoms with Crippen LogP contribution < -0.4 is 10.5 Å². The first-order valence-electron chi connectivity index (χ1n) is 5.62. The van der Waals surface area contributed by atoms with Crippen LogP contribution >= 0.6 is 0 Å². The van der Waals surface area contributed by atoms with Gasteiger partial charge in [-0.1, -0.05) is 5.16 Å². The van der Waals surface area contributed by atoms with Crippen molar-refractivity contribution in [2.75, 3.05) is 20.2 Å². The lowest BCUT2D eigenvalue weighted by Crippen LogP contribution is -2.38. The lowest BCUT2D eigenvalue weighted by Gasteiger charge is -2.20. The summed E-state index contributed by atoms with van der Waals surface area (Å²) >= 11 is 0. The van der Waals surface area contributed by atoms with Gasteiger partial charge in [0.05, 0.1) is 19.2 Å². The number of benzene rings is 1. The summed E-state index contributed by atoms with van der Waals surface area (Å²) in [5.74, 6) is -1.01. The fourth-order valence-electron chi connectivity index (χ4n) is 1.52. The Balaban J connectivity index is 2.97. The fraction of sp³-hybridized carbons (Fsp3) is 0.333. The summed E-state index contributed by atoms with van der Waals surface area (Å²) in [6, 6.07) is 3.96. The van der Waals surface area contributed by atoms with Crippen molar-refractivity contribution in [3.63, 3.8) is 0 Å². The molecule has 19 heavy (non-hydrogen) atoms. The van der Waals surface area contributed by atoms with Gasteiger partial charge < -0.3 is 20.6 Å². The third-order valence-corrected chi connectivity index (χ3v) is 2.56. The molecule has 0 bridgehead atoms. The van der Waals surface area contributed by atoms with Gasteiger partial charge in [0.25, 0.3) is 5.91 Å². The van der Waals surface area contributed by atoms with E-state index in [-0.39, 0.29) is 17.9 Å². The van der Waals surface area contributed by atoms with Gasteiger partial charge in [0.2, 0.25) is 0 Å². The molecule has 0 aliphatic carbocycles. The molecule has 0 saturated heterocycles. The molecule has 0 unspecified atom stereocenters. The molecule has 3 N–H and O–H groups in total. The molecule has 0 aromatic heterocycles. The average molecular weight is 269 g/mol. The number of amides is 1. The zero-order chi connectivity index (χ0) is 14.4. The maximum Gasteiger partial charge on any atom is 0.257 e. The van der Waals surface area contributed by atoms with E-state index < -0.39 is 11.7 Å². The maximum absolute atomic E-state index is 13.8. The van der Waals surface area contributed by atoms with Crippen LogP contribution in [-0.2, 0) is 0 Å². The summed E-state index contributed by atoms with van der Waals surface area (Å²) in [7, 11) is 1.41. The Morgan fingerprint density at radius 3 is 2.74 bits per heavy atom. The Bertz CT molecular complexity index is 491. The molecule has 0 aliphatic rings. The van der Waals surface area contributed by atoms with Gasteiger partial charge >= 0.3 is 0 Å². The van der Waals surface area contributed by atoms with Crippen LogP contribution in [0.3, 0.4) is 0 Å². The van der Waals surface area contributed by atoms with E-state index in [0.29, 0.717) is 12.3 Å². The van der Waals surface area contributed by atoms with E-state index >= 15 is 0 Å². The SMILES string of the molecule is CCN(C/C(N)=N/O)C(=O)c1ccc(OC)cc1F. The van der Waals surface area contributed by atoms with Crippen molar-refractivity contribution in [3.8, 4) is 5.75 Å². The minimum absolute atomic E-state index is 0.0721. The van der Waals surface area contributed by atoms with Crippen LogP contribution in [0.2, 0.25) is 0 Å². The number of hydrogen-bond acceptors (Lipinski definition) is 4. The largest absolute Gasteiger partial charge is 0.497 e. The third kappa shape index (κ3) is 3.57. The molecule has 0 aliphatic heterocycles. The molecular weight excluding hydrogens is 253 g/mol. The van der Waals surface area contributed by atoms with Crippen molar-refractivity contribution in [1.29, 1.82) is 0 Å². The van der Waals surface area contributed by atoms with Crippen molar-refractivity contribution in [2.24, 2.45) is 10.9 Å². The Hall–Kier alpha value is -2.31. The summed E-state index contributed by atoms with van der Waals surface area (Å²) in [6.45, 7) is 1.95. The summed E-state index contributed by atoms with van der Waals surface area (Å²) in [5.41, 5.74) is 5.25. The first kappa shape index (κ1) is 14.7. The molecule has 0 fully saturated rings. The van der Waals surface area contributed by atoms with Crippen LogP contribution in [0.5, 0.6) is 5.75 Å². The summed E-state index contributed by atoms with van der Waals surface area (Å²) in [6.07, 6.45) is 0. The molecule has 104 valence electrons. The normalized spacial score (nSPS) is 11.2. The van der Waals surface area contributed by atoms with E-state index in [0.717, 1.165) is 6.07 Å². The standard InChI is InChI=1S/C12H16FN3O3/c1-3-16(7-11(14)15-18)12(17)9-5-4-8(19-2)6-10(9)13/h4-6,18H,3,7H2,1-2H3,(H2,14,15). The molecule has 1 aromatic carbocycles. The number of rotatable bonds is 5. The second-order valence-corrected chi connectivity index (χ2v) is 3.76. The number of likely N-dealkylation sites (N-methyl/N-ethyl adjacent to an activating group) is 1. The maximum atomic E-state index is 13.8. The molecule has 0 saturated carbocycles. The van der Waals surface area contributed by atoms with Crippen molar-refractivity contribution < 1.29 is 19.1 Å². The van der Waals surface area contributed by atoms with Crippen molar-refractivity contribution >= 4 is 11.7 Å². The van der Waals surface area contributed by atoms with Gasteiger partial charge in [0.1, 0.15) is 11.6 Å². The zero-order valence-electron chi connectivity index (χ0n) is 10.8. The first-order chi connectivity index (χ1) is 9.03. The van der Waals surface area contributed by atoms with E-state index in [1.54, 1.807) is 6.92 Å². The fourth-order valence-corrected chi connectivity index (χ4v) is 1.52. The van der Waals surface area contributed by atoms with Crippen molar-refractivity contribution in [2.45, 2.75) is 6.92 Å².